The van der Waals surface area contributed by atoms with Gasteiger partial charge >= 0.3 is 0 Å². The smallest absolute Gasteiger partial charge is 0.0601 e. The second kappa shape index (κ2) is 9.58. The summed E-state index contributed by atoms with van der Waals surface area (Å²) in [4.78, 5) is 2.26. The Morgan fingerprint density at radius 1 is 1.20 bits per heavy atom. The Kier molecular flexibility index (Phi) is 8.02. The Labute approximate surface area is 124 Å². The van der Waals surface area contributed by atoms with Crippen LogP contribution >= 0.6 is 0 Å². The van der Waals surface area contributed by atoms with Gasteiger partial charge in [-0.15, -0.1) is 6.42 Å². The van der Waals surface area contributed by atoms with Crippen LogP contribution in [0.5, 0.6) is 0 Å². The molecular formula is C18H28N2. The zero-order chi connectivity index (χ0) is 14.8. The molecule has 0 saturated carbocycles. The second-order valence-corrected chi connectivity index (χ2v) is 5.67. The van der Waals surface area contributed by atoms with Crippen LogP contribution < -0.4 is 5.32 Å². The highest BCUT2D eigenvalue weighted by Crippen LogP contribution is 2.08. The number of benzene rings is 1. The van der Waals surface area contributed by atoms with E-state index >= 15 is 0 Å². The fourth-order valence-electron chi connectivity index (χ4n) is 2.10. The van der Waals surface area contributed by atoms with Gasteiger partial charge in [0.2, 0.25) is 0 Å². The first-order chi connectivity index (χ1) is 9.65. The molecule has 20 heavy (non-hydrogen) atoms. The number of nitrogens with one attached hydrogen (secondary N) is 1. The molecule has 1 N–H and O–H groups in total. The van der Waals surface area contributed by atoms with Crippen molar-refractivity contribution in [2.75, 3.05) is 26.2 Å². The van der Waals surface area contributed by atoms with Gasteiger partial charge in [-0.3, -0.25) is 4.90 Å². The van der Waals surface area contributed by atoms with E-state index in [9.17, 15) is 0 Å². The summed E-state index contributed by atoms with van der Waals surface area (Å²) in [5, 5.41) is 3.48. The van der Waals surface area contributed by atoms with Crippen LogP contribution in [-0.2, 0) is 13.0 Å². The van der Waals surface area contributed by atoms with Gasteiger partial charge in [-0.05, 0) is 43.1 Å². The van der Waals surface area contributed by atoms with Gasteiger partial charge in [0, 0.05) is 6.54 Å². The Balaban J connectivity index is 2.38. The van der Waals surface area contributed by atoms with Crippen LogP contribution in [0.2, 0.25) is 0 Å². The molecule has 110 valence electrons. The molecule has 0 saturated heterocycles. The van der Waals surface area contributed by atoms with Crippen molar-refractivity contribution in [2.45, 2.75) is 33.7 Å². The van der Waals surface area contributed by atoms with Crippen LogP contribution in [0.4, 0.5) is 0 Å². The molecule has 0 bridgehead atoms. The van der Waals surface area contributed by atoms with Crippen LogP contribution in [0.3, 0.4) is 0 Å². The fraction of sp³-hybridized carbons (Fsp3) is 0.556. The predicted octanol–water partition coefficient (Wildman–Crippen LogP) is 2.93. The van der Waals surface area contributed by atoms with Crippen molar-refractivity contribution >= 4 is 0 Å². The summed E-state index contributed by atoms with van der Waals surface area (Å²) in [7, 11) is 0. The van der Waals surface area contributed by atoms with Gasteiger partial charge in [-0.1, -0.05) is 51.0 Å². The summed E-state index contributed by atoms with van der Waals surface area (Å²) in [6, 6.07) is 8.90. The molecule has 0 amide bonds. The van der Waals surface area contributed by atoms with E-state index in [-0.39, 0.29) is 0 Å². The summed E-state index contributed by atoms with van der Waals surface area (Å²) in [5.74, 6) is 3.43. The summed E-state index contributed by atoms with van der Waals surface area (Å²) < 4.78 is 0. The first-order valence-electron chi connectivity index (χ1n) is 7.60. The normalized spacial score (nSPS) is 11.0. The lowest BCUT2D eigenvalue weighted by atomic mass is 10.1. The lowest BCUT2D eigenvalue weighted by Crippen LogP contribution is -2.23. The van der Waals surface area contributed by atoms with Crippen LogP contribution in [0, 0.1) is 18.3 Å². The van der Waals surface area contributed by atoms with Crippen molar-refractivity contribution in [2.24, 2.45) is 5.92 Å². The molecule has 0 radical (unpaired) electrons. The van der Waals surface area contributed by atoms with Crippen LogP contribution in [0.25, 0.3) is 0 Å². The maximum atomic E-state index is 5.37. The SMILES string of the molecule is C#CCN(CC)Cc1ccc(CCNCC(C)C)cc1. The molecule has 0 aliphatic carbocycles. The van der Waals surface area contributed by atoms with Gasteiger partial charge in [0.05, 0.1) is 6.54 Å². The van der Waals surface area contributed by atoms with E-state index in [4.69, 9.17) is 6.42 Å². The van der Waals surface area contributed by atoms with Gasteiger partial charge in [-0.25, -0.2) is 0 Å². The molecule has 0 atom stereocenters. The minimum atomic E-state index is 0.716. The molecule has 0 spiro atoms. The molecule has 1 aromatic rings. The van der Waals surface area contributed by atoms with Crippen molar-refractivity contribution in [1.29, 1.82) is 0 Å². The van der Waals surface area contributed by atoms with Crippen LogP contribution in [-0.4, -0.2) is 31.1 Å². The minimum Gasteiger partial charge on any atom is -0.316 e. The van der Waals surface area contributed by atoms with E-state index in [0.29, 0.717) is 5.92 Å². The quantitative estimate of drug-likeness (QED) is 0.549. The Morgan fingerprint density at radius 3 is 2.40 bits per heavy atom. The molecule has 0 unspecified atom stereocenters. The molecule has 0 aliphatic rings. The lowest BCUT2D eigenvalue weighted by molar-refractivity contribution is 0.316. The number of terminal acetylenes is 1. The zero-order valence-corrected chi connectivity index (χ0v) is 13.2. The number of hydrogen-bond donors (Lipinski definition) is 1. The first-order valence-corrected chi connectivity index (χ1v) is 7.60. The topological polar surface area (TPSA) is 15.3 Å². The molecule has 1 aromatic carbocycles. The van der Waals surface area contributed by atoms with Crippen molar-refractivity contribution in [3.05, 3.63) is 35.4 Å². The Bertz CT molecular complexity index is 400. The lowest BCUT2D eigenvalue weighted by Gasteiger charge is -2.17. The summed E-state index contributed by atoms with van der Waals surface area (Å²) >= 11 is 0. The zero-order valence-electron chi connectivity index (χ0n) is 13.2. The largest absolute Gasteiger partial charge is 0.316 e. The molecule has 2 nitrogen and oxygen atoms in total. The van der Waals surface area contributed by atoms with E-state index in [0.717, 1.165) is 39.1 Å². The van der Waals surface area contributed by atoms with Crippen LogP contribution in [0.1, 0.15) is 31.9 Å². The van der Waals surface area contributed by atoms with Gasteiger partial charge < -0.3 is 5.32 Å². The first kappa shape index (κ1) is 16.8. The van der Waals surface area contributed by atoms with E-state index in [1.165, 1.54) is 11.1 Å². The molecule has 1 rings (SSSR count). The molecule has 2 heteroatoms. The van der Waals surface area contributed by atoms with Gasteiger partial charge in [0.25, 0.3) is 0 Å². The summed E-state index contributed by atoms with van der Waals surface area (Å²) in [6.45, 7) is 11.4. The summed E-state index contributed by atoms with van der Waals surface area (Å²) in [5.41, 5.74) is 2.73. The molecular weight excluding hydrogens is 244 g/mol. The summed E-state index contributed by atoms with van der Waals surface area (Å²) in [6.07, 6.45) is 6.47. The van der Waals surface area contributed by atoms with Crippen molar-refractivity contribution < 1.29 is 0 Å². The van der Waals surface area contributed by atoms with Crippen molar-refractivity contribution in [3.8, 4) is 12.3 Å². The van der Waals surface area contributed by atoms with Crippen LogP contribution in [0.15, 0.2) is 24.3 Å². The van der Waals surface area contributed by atoms with Crippen molar-refractivity contribution in [1.82, 2.24) is 10.2 Å². The van der Waals surface area contributed by atoms with E-state index in [2.05, 4.69) is 61.2 Å². The minimum absolute atomic E-state index is 0.716. The predicted molar refractivity (Wildman–Crippen MR) is 87.6 cm³/mol. The van der Waals surface area contributed by atoms with Gasteiger partial charge in [0.15, 0.2) is 0 Å². The fourth-order valence-corrected chi connectivity index (χ4v) is 2.10. The highest BCUT2D eigenvalue weighted by molar-refractivity contribution is 5.22. The third-order valence-corrected chi connectivity index (χ3v) is 3.33. The Morgan fingerprint density at radius 2 is 1.85 bits per heavy atom. The molecule has 0 aromatic heterocycles. The van der Waals surface area contributed by atoms with Gasteiger partial charge in [0.1, 0.15) is 0 Å². The van der Waals surface area contributed by atoms with Crippen molar-refractivity contribution in [3.63, 3.8) is 0 Å². The maximum absolute atomic E-state index is 5.37. The number of nitrogens with zero attached hydrogens (tertiary/aromatic N) is 1. The molecule has 0 fully saturated rings. The molecule has 0 heterocycles. The third-order valence-electron chi connectivity index (χ3n) is 3.33. The van der Waals surface area contributed by atoms with E-state index < -0.39 is 0 Å². The van der Waals surface area contributed by atoms with E-state index in [1.807, 2.05) is 0 Å². The highest BCUT2D eigenvalue weighted by Gasteiger charge is 2.02. The monoisotopic (exact) mass is 272 g/mol. The average molecular weight is 272 g/mol. The second-order valence-electron chi connectivity index (χ2n) is 5.67. The third kappa shape index (κ3) is 6.75. The number of rotatable bonds is 9. The average Bonchev–Trinajstić information content (AvgIpc) is 2.44. The van der Waals surface area contributed by atoms with Gasteiger partial charge in [-0.2, -0.15) is 0 Å². The number of hydrogen-bond acceptors (Lipinski definition) is 2. The van der Waals surface area contributed by atoms with E-state index in [1.54, 1.807) is 0 Å². The maximum Gasteiger partial charge on any atom is 0.0601 e. The standard InChI is InChI=1S/C18H28N2/c1-5-13-20(6-2)15-18-9-7-17(8-10-18)11-12-19-14-16(3)4/h1,7-10,16,19H,6,11-15H2,2-4H3. The molecule has 0 aliphatic heterocycles. The highest BCUT2D eigenvalue weighted by atomic mass is 15.1. The Hall–Kier alpha value is -1.30.